The zero-order valence-electron chi connectivity index (χ0n) is 11.3. The van der Waals surface area contributed by atoms with E-state index in [1.807, 2.05) is 11.0 Å². The van der Waals surface area contributed by atoms with Gasteiger partial charge in [0.2, 0.25) is 5.91 Å². The summed E-state index contributed by atoms with van der Waals surface area (Å²) in [5.41, 5.74) is 0.875. The first kappa shape index (κ1) is 14.0. The van der Waals surface area contributed by atoms with Crippen LogP contribution in [0.5, 0.6) is 0 Å². The maximum Gasteiger partial charge on any atom is 0.222 e. The highest BCUT2D eigenvalue weighted by Gasteiger charge is 2.21. The van der Waals surface area contributed by atoms with E-state index in [1.165, 1.54) is 12.1 Å². The molecule has 4 heteroatoms. The summed E-state index contributed by atoms with van der Waals surface area (Å²) >= 11 is 0. The molecular formula is C15H20FNO2. The number of halogens is 1. The Labute approximate surface area is 113 Å². The molecule has 0 saturated carbocycles. The molecule has 104 valence electrons. The second-order valence-corrected chi connectivity index (χ2v) is 4.95. The predicted octanol–water partition coefficient (Wildman–Crippen LogP) is 2.40. The van der Waals surface area contributed by atoms with Gasteiger partial charge in [0.1, 0.15) is 5.82 Å². The SMILES string of the molecule is COC1CCN(C(=O)CCc2cccc(F)c2)CC1. The number of likely N-dealkylation sites (tertiary alicyclic amines) is 1. The van der Waals surface area contributed by atoms with Gasteiger partial charge in [-0.05, 0) is 37.0 Å². The van der Waals surface area contributed by atoms with Gasteiger partial charge in [0.25, 0.3) is 0 Å². The highest BCUT2D eigenvalue weighted by atomic mass is 19.1. The van der Waals surface area contributed by atoms with Gasteiger partial charge >= 0.3 is 0 Å². The molecule has 0 atom stereocenters. The number of carbonyl (C=O) groups is 1. The van der Waals surface area contributed by atoms with E-state index < -0.39 is 0 Å². The van der Waals surface area contributed by atoms with Crippen molar-refractivity contribution in [3.05, 3.63) is 35.6 Å². The molecule has 1 amide bonds. The van der Waals surface area contributed by atoms with Crippen molar-refractivity contribution in [1.29, 1.82) is 0 Å². The van der Waals surface area contributed by atoms with Crippen LogP contribution in [0.1, 0.15) is 24.8 Å². The van der Waals surface area contributed by atoms with Gasteiger partial charge in [-0.3, -0.25) is 4.79 Å². The van der Waals surface area contributed by atoms with Crippen LogP contribution in [0.15, 0.2) is 24.3 Å². The fraction of sp³-hybridized carbons (Fsp3) is 0.533. The van der Waals surface area contributed by atoms with Crippen LogP contribution in [-0.2, 0) is 16.0 Å². The summed E-state index contributed by atoms with van der Waals surface area (Å²) in [6, 6.07) is 6.44. The van der Waals surface area contributed by atoms with E-state index in [9.17, 15) is 9.18 Å². The van der Waals surface area contributed by atoms with Gasteiger partial charge in [-0.25, -0.2) is 4.39 Å². The van der Waals surface area contributed by atoms with Crippen molar-refractivity contribution in [1.82, 2.24) is 4.90 Å². The standard InChI is InChI=1S/C15H20FNO2/c1-19-14-7-9-17(10-8-14)15(18)6-5-12-3-2-4-13(16)11-12/h2-4,11,14H,5-10H2,1H3. The van der Waals surface area contributed by atoms with Gasteiger partial charge < -0.3 is 9.64 Å². The normalized spacial score (nSPS) is 16.6. The molecule has 3 nitrogen and oxygen atoms in total. The summed E-state index contributed by atoms with van der Waals surface area (Å²) in [4.78, 5) is 13.9. The van der Waals surface area contributed by atoms with Crippen LogP contribution in [0.2, 0.25) is 0 Å². The zero-order valence-corrected chi connectivity index (χ0v) is 11.3. The maximum absolute atomic E-state index is 13.0. The number of methoxy groups -OCH3 is 1. The van der Waals surface area contributed by atoms with Gasteiger partial charge in [0, 0.05) is 26.6 Å². The average Bonchev–Trinajstić information content (AvgIpc) is 2.45. The molecule has 2 rings (SSSR count). The minimum Gasteiger partial charge on any atom is -0.381 e. The monoisotopic (exact) mass is 265 g/mol. The Morgan fingerprint density at radius 3 is 2.79 bits per heavy atom. The summed E-state index contributed by atoms with van der Waals surface area (Å²) in [5, 5.41) is 0. The van der Waals surface area contributed by atoms with E-state index in [4.69, 9.17) is 4.74 Å². The lowest BCUT2D eigenvalue weighted by Crippen LogP contribution is -2.40. The first-order chi connectivity index (χ1) is 9.19. The number of ether oxygens (including phenoxy) is 1. The minimum absolute atomic E-state index is 0.152. The molecule has 1 aliphatic heterocycles. The van der Waals surface area contributed by atoms with Crippen LogP contribution < -0.4 is 0 Å². The molecule has 0 N–H and O–H groups in total. The molecule has 19 heavy (non-hydrogen) atoms. The largest absolute Gasteiger partial charge is 0.381 e. The van der Waals surface area contributed by atoms with Gasteiger partial charge in [-0.1, -0.05) is 12.1 Å². The summed E-state index contributed by atoms with van der Waals surface area (Å²) in [5.74, 6) is -0.0929. The Bertz CT molecular complexity index is 428. The van der Waals surface area contributed by atoms with Gasteiger partial charge in [-0.2, -0.15) is 0 Å². The number of amides is 1. The molecule has 1 aromatic carbocycles. The second-order valence-electron chi connectivity index (χ2n) is 4.95. The van der Waals surface area contributed by atoms with Crippen LogP contribution in [0.25, 0.3) is 0 Å². The van der Waals surface area contributed by atoms with Gasteiger partial charge in [0.15, 0.2) is 0 Å². The third kappa shape index (κ3) is 4.03. The quantitative estimate of drug-likeness (QED) is 0.836. The molecule has 1 heterocycles. The van der Waals surface area contributed by atoms with E-state index in [2.05, 4.69) is 0 Å². The predicted molar refractivity (Wildman–Crippen MR) is 71.3 cm³/mol. The smallest absolute Gasteiger partial charge is 0.222 e. The Balaban J connectivity index is 1.79. The van der Waals surface area contributed by atoms with Crippen molar-refractivity contribution in [2.24, 2.45) is 0 Å². The van der Waals surface area contributed by atoms with Crippen molar-refractivity contribution >= 4 is 5.91 Å². The van der Waals surface area contributed by atoms with E-state index in [-0.39, 0.29) is 17.8 Å². The molecule has 0 aromatic heterocycles. The molecule has 1 fully saturated rings. The lowest BCUT2D eigenvalue weighted by Gasteiger charge is -2.31. The molecular weight excluding hydrogens is 245 g/mol. The molecule has 0 bridgehead atoms. The number of carbonyl (C=O) groups excluding carboxylic acids is 1. The van der Waals surface area contributed by atoms with Crippen LogP contribution >= 0.6 is 0 Å². The average molecular weight is 265 g/mol. The van der Waals surface area contributed by atoms with E-state index in [0.717, 1.165) is 31.5 Å². The molecule has 0 radical (unpaired) electrons. The Morgan fingerprint density at radius 2 is 2.16 bits per heavy atom. The van der Waals surface area contributed by atoms with Crippen LogP contribution in [0.4, 0.5) is 4.39 Å². The highest BCUT2D eigenvalue weighted by molar-refractivity contribution is 5.76. The Morgan fingerprint density at radius 1 is 1.42 bits per heavy atom. The number of rotatable bonds is 4. The number of piperidine rings is 1. The highest BCUT2D eigenvalue weighted by Crippen LogP contribution is 2.15. The van der Waals surface area contributed by atoms with Crippen molar-refractivity contribution in [3.8, 4) is 0 Å². The second kappa shape index (κ2) is 6.66. The summed E-state index contributed by atoms with van der Waals surface area (Å²) in [6.07, 6.45) is 3.14. The summed E-state index contributed by atoms with van der Waals surface area (Å²) in [7, 11) is 1.71. The van der Waals surface area contributed by atoms with Gasteiger partial charge in [-0.15, -0.1) is 0 Å². The molecule has 0 spiro atoms. The molecule has 0 unspecified atom stereocenters. The number of benzene rings is 1. The Hall–Kier alpha value is -1.42. The number of hydrogen-bond donors (Lipinski definition) is 0. The van der Waals surface area contributed by atoms with E-state index >= 15 is 0 Å². The van der Waals surface area contributed by atoms with Crippen molar-refractivity contribution in [2.45, 2.75) is 31.8 Å². The van der Waals surface area contributed by atoms with Crippen molar-refractivity contribution < 1.29 is 13.9 Å². The fourth-order valence-electron chi connectivity index (χ4n) is 2.44. The number of aryl methyl sites for hydroxylation is 1. The van der Waals surface area contributed by atoms with E-state index in [0.29, 0.717) is 12.8 Å². The number of hydrogen-bond acceptors (Lipinski definition) is 2. The first-order valence-electron chi connectivity index (χ1n) is 6.74. The molecule has 1 aromatic rings. The van der Waals surface area contributed by atoms with Crippen molar-refractivity contribution in [2.75, 3.05) is 20.2 Å². The summed E-state index contributed by atoms with van der Waals surface area (Å²) in [6.45, 7) is 1.53. The first-order valence-corrected chi connectivity index (χ1v) is 6.74. The van der Waals surface area contributed by atoms with Crippen LogP contribution in [0, 0.1) is 5.82 Å². The minimum atomic E-state index is -0.245. The lowest BCUT2D eigenvalue weighted by molar-refractivity contribution is -0.133. The Kier molecular flexibility index (Phi) is 4.91. The lowest BCUT2D eigenvalue weighted by atomic mass is 10.1. The van der Waals surface area contributed by atoms with Crippen LogP contribution in [-0.4, -0.2) is 37.1 Å². The maximum atomic E-state index is 13.0. The zero-order chi connectivity index (χ0) is 13.7. The topological polar surface area (TPSA) is 29.5 Å². The summed E-state index contributed by atoms with van der Waals surface area (Å²) < 4.78 is 18.3. The fourth-order valence-corrected chi connectivity index (χ4v) is 2.44. The third-order valence-corrected chi connectivity index (χ3v) is 3.64. The van der Waals surface area contributed by atoms with Crippen molar-refractivity contribution in [3.63, 3.8) is 0 Å². The number of nitrogens with zero attached hydrogens (tertiary/aromatic N) is 1. The molecule has 1 saturated heterocycles. The third-order valence-electron chi connectivity index (χ3n) is 3.64. The van der Waals surface area contributed by atoms with E-state index in [1.54, 1.807) is 13.2 Å². The van der Waals surface area contributed by atoms with Crippen LogP contribution in [0.3, 0.4) is 0 Å². The molecule has 1 aliphatic rings. The molecule has 0 aliphatic carbocycles. The van der Waals surface area contributed by atoms with Gasteiger partial charge in [0.05, 0.1) is 6.10 Å².